The number of carbonyl (C=O) groups is 1. The molecule has 0 saturated carbocycles. The van der Waals surface area contributed by atoms with Crippen LogP contribution in [0, 0.1) is 6.92 Å². The molecule has 2 aromatic rings. The Kier molecular flexibility index (Phi) is 2.80. The highest BCUT2D eigenvalue weighted by molar-refractivity contribution is 7.10. The number of aliphatic hydroxyl groups excluding tert-OH is 1. The lowest BCUT2D eigenvalue weighted by molar-refractivity contribution is 0.0655. The Balaban J connectivity index is 2.31. The van der Waals surface area contributed by atoms with E-state index >= 15 is 0 Å². The van der Waals surface area contributed by atoms with E-state index in [2.05, 4.69) is 0 Å². The lowest BCUT2D eigenvalue weighted by Gasteiger charge is -2.06. The summed E-state index contributed by atoms with van der Waals surface area (Å²) in [7, 11) is 0. The predicted molar refractivity (Wildman–Crippen MR) is 58.8 cm³/mol. The van der Waals surface area contributed by atoms with Gasteiger partial charge in [-0.3, -0.25) is 0 Å². The van der Waals surface area contributed by atoms with Gasteiger partial charge in [0.2, 0.25) is 5.76 Å². The molecule has 16 heavy (non-hydrogen) atoms. The fraction of sp³-hybridized carbons (Fsp3) is 0.182. The summed E-state index contributed by atoms with van der Waals surface area (Å²) in [5.74, 6) is -1.05. The van der Waals surface area contributed by atoms with Gasteiger partial charge in [0.15, 0.2) is 0 Å². The molecule has 2 rings (SSSR count). The van der Waals surface area contributed by atoms with E-state index in [1.54, 1.807) is 0 Å². The normalized spacial score (nSPS) is 12.6. The first-order valence-electron chi connectivity index (χ1n) is 4.64. The Bertz CT molecular complexity index is 512. The zero-order chi connectivity index (χ0) is 11.7. The lowest BCUT2D eigenvalue weighted by Crippen LogP contribution is -1.97. The maximum atomic E-state index is 10.6. The van der Waals surface area contributed by atoms with Crippen LogP contribution >= 0.6 is 11.3 Å². The first kappa shape index (κ1) is 10.9. The van der Waals surface area contributed by atoms with E-state index in [0.717, 1.165) is 10.4 Å². The van der Waals surface area contributed by atoms with Crippen molar-refractivity contribution in [1.82, 2.24) is 0 Å². The van der Waals surface area contributed by atoms with Gasteiger partial charge in [-0.1, -0.05) is 0 Å². The van der Waals surface area contributed by atoms with Crippen LogP contribution in [0.15, 0.2) is 28.0 Å². The van der Waals surface area contributed by atoms with E-state index in [0.29, 0.717) is 0 Å². The number of carboxylic acids is 1. The average molecular weight is 238 g/mol. The summed E-state index contributed by atoms with van der Waals surface area (Å²) in [6.07, 6.45) is -0.895. The first-order chi connectivity index (χ1) is 7.59. The van der Waals surface area contributed by atoms with Crippen molar-refractivity contribution in [1.29, 1.82) is 0 Å². The number of aryl methyl sites for hydroxylation is 1. The highest BCUT2D eigenvalue weighted by atomic mass is 32.1. The molecule has 0 aliphatic heterocycles. The van der Waals surface area contributed by atoms with Gasteiger partial charge in [0.1, 0.15) is 11.9 Å². The minimum atomic E-state index is -1.14. The van der Waals surface area contributed by atoms with Crippen LogP contribution in [0.3, 0.4) is 0 Å². The van der Waals surface area contributed by atoms with Crippen LogP contribution in [-0.2, 0) is 0 Å². The van der Waals surface area contributed by atoms with Gasteiger partial charge in [-0.2, -0.15) is 0 Å². The third kappa shape index (κ3) is 1.87. The van der Waals surface area contributed by atoms with Gasteiger partial charge < -0.3 is 14.6 Å². The highest BCUT2D eigenvalue weighted by Gasteiger charge is 2.19. The smallest absolute Gasteiger partial charge is 0.371 e. The van der Waals surface area contributed by atoms with E-state index < -0.39 is 12.1 Å². The summed E-state index contributed by atoms with van der Waals surface area (Å²) in [5.41, 5.74) is 0.964. The summed E-state index contributed by atoms with van der Waals surface area (Å²) < 4.78 is 5.04. The molecule has 2 aromatic heterocycles. The number of furan rings is 1. The average Bonchev–Trinajstić information content (AvgIpc) is 2.84. The SMILES string of the molecule is Cc1ccsc1C(O)c1ccc(C(=O)O)o1. The van der Waals surface area contributed by atoms with E-state index in [4.69, 9.17) is 9.52 Å². The van der Waals surface area contributed by atoms with Crippen molar-refractivity contribution >= 4 is 17.3 Å². The molecule has 84 valence electrons. The molecule has 0 aliphatic rings. The lowest BCUT2D eigenvalue weighted by atomic mass is 10.1. The van der Waals surface area contributed by atoms with Crippen LogP contribution in [0.5, 0.6) is 0 Å². The van der Waals surface area contributed by atoms with Crippen LogP contribution in [0.2, 0.25) is 0 Å². The molecule has 1 atom stereocenters. The Morgan fingerprint density at radius 1 is 1.44 bits per heavy atom. The molecule has 0 bridgehead atoms. The van der Waals surface area contributed by atoms with E-state index in [1.807, 2.05) is 18.4 Å². The second-order valence-electron chi connectivity index (χ2n) is 3.38. The van der Waals surface area contributed by atoms with Crippen molar-refractivity contribution < 1.29 is 19.4 Å². The monoisotopic (exact) mass is 238 g/mol. The van der Waals surface area contributed by atoms with Crippen molar-refractivity contribution in [2.24, 2.45) is 0 Å². The fourth-order valence-electron chi connectivity index (χ4n) is 1.41. The van der Waals surface area contributed by atoms with Gasteiger partial charge in [-0.15, -0.1) is 11.3 Å². The zero-order valence-electron chi connectivity index (χ0n) is 8.51. The molecule has 0 spiro atoms. The number of hydrogen-bond donors (Lipinski definition) is 2. The number of rotatable bonds is 3. The van der Waals surface area contributed by atoms with Crippen molar-refractivity contribution in [3.05, 3.63) is 45.5 Å². The molecule has 1 unspecified atom stereocenters. The Morgan fingerprint density at radius 3 is 2.69 bits per heavy atom. The number of aromatic carboxylic acids is 1. The second kappa shape index (κ2) is 4.11. The van der Waals surface area contributed by atoms with E-state index in [1.165, 1.54) is 23.5 Å². The topological polar surface area (TPSA) is 70.7 Å². The van der Waals surface area contributed by atoms with Gasteiger partial charge in [-0.05, 0) is 36.1 Å². The maximum absolute atomic E-state index is 10.6. The molecule has 5 heteroatoms. The van der Waals surface area contributed by atoms with Crippen LogP contribution in [0.4, 0.5) is 0 Å². The third-order valence-electron chi connectivity index (χ3n) is 2.26. The second-order valence-corrected chi connectivity index (χ2v) is 4.33. The van der Waals surface area contributed by atoms with Gasteiger partial charge in [0.25, 0.3) is 0 Å². The minimum Gasteiger partial charge on any atom is -0.475 e. The largest absolute Gasteiger partial charge is 0.475 e. The maximum Gasteiger partial charge on any atom is 0.371 e. The summed E-state index contributed by atoms with van der Waals surface area (Å²) in [6, 6.07) is 4.71. The van der Waals surface area contributed by atoms with Crippen molar-refractivity contribution in [2.75, 3.05) is 0 Å². The molecule has 2 N–H and O–H groups in total. The third-order valence-corrected chi connectivity index (χ3v) is 3.33. The summed E-state index contributed by atoms with van der Waals surface area (Å²) in [5, 5.41) is 20.5. The number of aliphatic hydroxyl groups is 1. The molecular formula is C11H10O4S. The molecule has 0 aromatic carbocycles. The molecule has 0 aliphatic carbocycles. The van der Waals surface area contributed by atoms with Gasteiger partial charge in [0.05, 0.1) is 0 Å². The summed E-state index contributed by atoms with van der Waals surface area (Å²) in [4.78, 5) is 11.4. The minimum absolute atomic E-state index is 0.164. The van der Waals surface area contributed by atoms with E-state index in [9.17, 15) is 9.90 Å². The standard InChI is InChI=1S/C11H10O4S/c1-6-4-5-16-10(6)9(12)7-2-3-8(15-7)11(13)14/h2-5,9,12H,1H3,(H,13,14). The van der Waals surface area contributed by atoms with Gasteiger partial charge >= 0.3 is 5.97 Å². The molecule has 0 fully saturated rings. The van der Waals surface area contributed by atoms with Crippen LogP contribution in [0.25, 0.3) is 0 Å². The molecular weight excluding hydrogens is 228 g/mol. The van der Waals surface area contributed by atoms with Crippen molar-refractivity contribution in [3.8, 4) is 0 Å². The molecule has 2 heterocycles. The number of carboxylic acid groups (broad SMARTS) is 1. The zero-order valence-corrected chi connectivity index (χ0v) is 9.32. The van der Waals surface area contributed by atoms with Crippen molar-refractivity contribution in [2.45, 2.75) is 13.0 Å². The fourth-order valence-corrected chi connectivity index (χ4v) is 2.33. The van der Waals surface area contributed by atoms with Crippen molar-refractivity contribution in [3.63, 3.8) is 0 Å². The number of thiophene rings is 1. The number of hydrogen-bond acceptors (Lipinski definition) is 4. The van der Waals surface area contributed by atoms with Gasteiger partial charge in [0, 0.05) is 4.88 Å². The Labute approximate surface area is 95.8 Å². The van der Waals surface area contributed by atoms with Crippen LogP contribution in [-0.4, -0.2) is 16.2 Å². The summed E-state index contributed by atoms with van der Waals surface area (Å²) >= 11 is 1.41. The van der Waals surface area contributed by atoms with Crippen LogP contribution in [0.1, 0.15) is 32.9 Å². The molecule has 4 nitrogen and oxygen atoms in total. The summed E-state index contributed by atoms with van der Waals surface area (Å²) in [6.45, 7) is 1.89. The predicted octanol–water partition coefficient (Wildman–Crippen LogP) is 2.43. The Morgan fingerprint density at radius 2 is 2.19 bits per heavy atom. The Hall–Kier alpha value is -1.59. The quantitative estimate of drug-likeness (QED) is 0.861. The first-order valence-corrected chi connectivity index (χ1v) is 5.52. The molecule has 0 radical (unpaired) electrons. The van der Waals surface area contributed by atoms with Gasteiger partial charge in [-0.25, -0.2) is 4.79 Å². The van der Waals surface area contributed by atoms with E-state index in [-0.39, 0.29) is 11.5 Å². The highest BCUT2D eigenvalue weighted by Crippen LogP contribution is 2.30. The molecule has 0 amide bonds. The van der Waals surface area contributed by atoms with Crippen LogP contribution < -0.4 is 0 Å². The molecule has 0 saturated heterocycles.